The number of nitriles is 1. The molecule has 0 aliphatic carbocycles. The van der Waals surface area contributed by atoms with Gasteiger partial charge in [-0.25, -0.2) is 4.98 Å². The van der Waals surface area contributed by atoms with Gasteiger partial charge in [-0.2, -0.15) is 5.26 Å². The fraction of sp³-hybridized carbons (Fsp3) is 0.240. The van der Waals surface area contributed by atoms with Crippen molar-refractivity contribution in [3.8, 4) is 6.07 Å². The van der Waals surface area contributed by atoms with E-state index < -0.39 is 0 Å². The van der Waals surface area contributed by atoms with Gasteiger partial charge in [-0.1, -0.05) is 40.9 Å². The van der Waals surface area contributed by atoms with E-state index >= 15 is 0 Å². The van der Waals surface area contributed by atoms with Gasteiger partial charge in [-0.05, 0) is 60.5 Å². The van der Waals surface area contributed by atoms with Gasteiger partial charge in [0.1, 0.15) is 11.9 Å². The van der Waals surface area contributed by atoms with Gasteiger partial charge in [0, 0.05) is 48.9 Å². The van der Waals surface area contributed by atoms with Crippen molar-refractivity contribution in [2.24, 2.45) is 0 Å². The third-order valence-corrected chi connectivity index (χ3v) is 7.05. The summed E-state index contributed by atoms with van der Waals surface area (Å²) >= 11 is 18.5. The Morgan fingerprint density at radius 3 is 2.48 bits per heavy atom. The van der Waals surface area contributed by atoms with Crippen LogP contribution in [0.3, 0.4) is 0 Å². The Balaban J connectivity index is 1.64. The number of hydrogen-bond donors (Lipinski definition) is 0. The predicted octanol–water partition coefficient (Wildman–Crippen LogP) is 6.05. The summed E-state index contributed by atoms with van der Waals surface area (Å²) in [5.41, 5.74) is 2.11. The number of amides is 1. The number of nitrogens with zero attached hydrogens (tertiary/aromatic N) is 4. The lowest BCUT2D eigenvalue weighted by atomic mass is 9.84. The number of rotatable bonds is 4. The van der Waals surface area contributed by atoms with Gasteiger partial charge in [0.05, 0.1) is 15.6 Å². The molecule has 3 aromatic rings. The molecular weight excluding hydrogens is 479 g/mol. The van der Waals surface area contributed by atoms with Gasteiger partial charge < -0.3 is 9.80 Å². The number of pyridine rings is 1. The molecule has 1 fully saturated rings. The van der Waals surface area contributed by atoms with Gasteiger partial charge in [-0.3, -0.25) is 4.79 Å². The van der Waals surface area contributed by atoms with Crippen LogP contribution >= 0.6 is 34.8 Å². The van der Waals surface area contributed by atoms with E-state index in [1.54, 1.807) is 47.5 Å². The van der Waals surface area contributed by atoms with Crippen LogP contribution in [0.15, 0.2) is 60.8 Å². The Bertz CT molecular complexity index is 1190. The summed E-state index contributed by atoms with van der Waals surface area (Å²) in [6.45, 7) is 1.36. The van der Waals surface area contributed by atoms with E-state index in [0.717, 1.165) is 24.3 Å². The highest BCUT2D eigenvalue weighted by Crippen LogP contribution is 2.35. The first-order chi connectivity index (χ1) is 15.9. The van der Waals surface area contributed by atoms with Crippen molar-refractivity contribution in [3.05, 3.63) is 92.6 Å². The summed E-state index contributed by atoms with van der Waals surface area (Å²) in [6.07, 6.45) is 2.31. The van der Waals surface area contributed by atoms with E-state index in [9.17, 15) is 4.79 Å². The minimum Gasteiger partial charge on any atom is -0.356 e. The summed E-state index contributed by atoms with van der Waals surface area (Å²) in [4.78, 5) is 21.7. The molecule has 2 heterocycles. The third kappa shape index (κ3) is 5.09. The molecular formula is C25H21Cl3N4O. The molecule has 1 saturated heterocycles. The average molecular weight is 500 g/mol. The first kappa shape index (κ1) is 23.4. The number of benzene rings is 2. The minimum absolute atomic E-state index is 0.0211. The quantitative estimate of drug-likeness (QED) is 0.438. The van der Waals surface area contributed by atoms with Gasteiger partial charge in [0.2, 0.25) is 0 Å². The average Bonchev–Trinajstić information content (AvgIpc) is 2.85. The number of likely N-dealkylation sites (N-methyl/N-ethyl adjacent to an activating group) is 1. The summed E-state index contributed by atoms with van der Waals surface area (Å²) in [7, 11) is 1.84. The van der Waals surface area contributed by atoms with E-state index in [1.807, 2.05) is 25.2 Å². The standard InChI is InChI=1S/C25H21Cl3N4O/c1-31(25(33)17-3-6-19(26)7-4-17)23-10-11-32(24-9-2-16(13-29)14-30-24)15-20(23)18-5-8-21(27)22(28)12-18/h2-9,12,14,20,23H,10-11,15H2,1H3/t20-,23+/m0/s1. The monoisotopic (exact) mass is 498 g/mol. The number of carbonyl (C=O) groups excluding carboxylic acids is 1. The molecule has 0 saturated carbocycles. The molecule has 0 unspecified atom stereocenters. The van der Waals surface area contributed by atoms with Crippen LogP contribution in [-0.2, 0) is 0 Å². The molecule has 8 heteroatoms. The second-order valence-electron chi connectivity index (χ2n) is 8.02. The second kappa shape index (κ2) is 10.0. The Kier molecular flexibility index (Phi) is 7.09. The van der Waals surface area contributed by atoms with Crippen molar-refractivity contribution in [3.63, 3.8) is 0 Å². The van der Waals surface area contributed by atoms with Crippen LogP contribution in [0.4, 0.5) is 5.82 Å². The van der Waals surface area contributed by atoms with Crippen molar-refractivity contribution in [1.82, 2.24) is 9.88 Å². The van der Waals surface area contributed by atoms with Crippen LogP contribution in [0.25, 0.3) is 0 Å². The zero-order valence-electron chi connectivity index (χ0n) is 17.9. The lowest BCUT2D eigenvalue weighted by molar-refractivity contribution is 0.0687. The van der Waals surface area contributed by atoms with Crippen LogP contribution in [0, 0.1) is 11.3 Å². The molecule has 1 aliphatic heterocycles. The van der Waals surface area contributed by atoms with Gasteiger partial charge in [-0.15, -0.1) is 0 Å². The predicted molar refractivity (Wildman–Crippen MR) is 132 cm³/mol. The molecule has 168 valence electrons. The molecule has 5 nitrogen and oxygen atoms in total. The highest BCUT2D eigenvalue weighted by molar-refractivity contribution is 6.42. The zero-order valence-corrected chi connectivity index (χ0v) is 20.1. The van der Waals surface area contributed by atoms with Crippen LogP contribution in [0.1, 0.15) is 33.8 Å². The maximum Gasteiger partial charge on any atom is 0.253 e. The summed E-state index contributed by atoms with van der Waals surface area (Å²) in [6, 6.07) is 18.2. The molecule has 0 N–H and O–H groups in total. The van der Waals surface area contributed by atoms with Crippen LogP contribution in [0.5, 0.6) is 0 Å². The number of aromatic nitrogens is 1. The molecule has 33 heavy (non-hydrogen) atoms. The highest BCUT2D eigenvalue weighted by atomic mass is 35.5. The third-order valence-electron chi connectivity index (χ3n) is 6.06. The molecule has 0 bridgehead atoms. The van der Waals surface area contributed by atoms with Crippen molar-refractivity contribution in [1.29, 1.82) is 5.26 Å². The lowest BCUT2D eigenvalue weighted by Gasteiger charge is -2.43. The molecule has 2 atom stereocenters. The number of halogens is 3. The van der Waals surface area contributed by atoms with Crippen molar-refractivity contribution >= 4 is 46.5 Å². The van der Waals surface area contributed by atoms with Crippen LogP contribution in [0.2, 0.25) is 15.1 Å². The van der Waals surface area contributed by atoms with E-state index in [0.29, 0.717) is 32.7 Å². The highest BCUT2D eigenvalue weighted by Gasteiger charge is 2.36. The number of hydrogen-bond acceptors (Lipinski definition) is 4. The number of piperidine rings is 1. The summed E-state index contributed by atoms with van der Waals surface area (Å²) < 4.78 is 0. The fourth-order valence-corrected chi connectivity index (χ4v) is 4.70. The number of anilines is 1. The van der Waals surface area contributed by atoms with E-state index in [1.165, 1.54) is 0 Å². The molecule has 1 amide bonds. The van der Waals surface area contributed by atoms with Gasteiger partial charge in [0.15, 0.2) is 0 Å². The minimum atomic E-state index is -0.0633. The van der Waals surface area contributed by atoms with Crippen LogP contribution < -0.4 is 4.90 Å². The largest absolute Gasteiger partial charge is 0.356 e. The second-order valence-corrected chi connectivity index (χ2v) is 9.27. The molecule has 4 rings (SSSR count). The van der Waals surface area contributed by atoms with Crippen molar-refractivity contribution in [2.75, 3.05) is 25.0 Å². The van der Waals surface area contributed by atoms with Gasteiger partial charge in [0.25, 0.3) is 5.91 Å². The molecule has 0 radical (unpaired) electrons. The van der Waals surface area contributed by atoms with Crippen LogP contribution in [-0.4, -0.2) is 42.0 Å². The Morgan fingerprint density at radius 2 is 1.85 bits per heavy atom. The van der Waals surface area contributed by atoms with E-state index in [-0.39, 0.29) is 17.9 Å². The molecule has 1 aliphatic rings. The van der Waals surface area contributed by atoms with E-state index in [4.69, 9.17) is 40.1 Å². The maximum atomic E-state index is 13.3. The first-order valence-electron chi connectivity index (χ1n) is 10.5. The topological polar surface area (TPSA) is 60.2 Å². The van der Waals surface area contributed by atoms with Crippen molar-refractivity contribution in [2.45, 2.75) is 18.4 Å². The molecule has 0 spiro atoms. The number of carbonyl (C=O) groups is 1. The fourth-order valence-electron chi connectivity index (χ4n) is 4.27. The summed E-state index contributed by atoms with van der Waals surface area (Å²) in [5, 5.41) is 10.6. The first-order valence-corrected chi connectivity index (χ1v) is 11.6. The summed E-state index contributed by atoms with van der Waals surface area (Å²) in [5.74, 6) is 0.711. The zero-order chi connectivity index (χ0) is 23.5. The van der Waals surface area contributed by atoms with Crippen molar-refractivity contribution < 1.29 is 4.79 Å². The lowest BCUT2D eigenvalue weighted by Crippen LogP contribution is -2.50. The molecule has 2 aromatic carbocycles. The maximum absolute atomic E-state index is 13.3. The smallest absolute Gasteiger partial charge is 0.253 e. The Hall–Kier alpha value is -2.78. The van der Waals surface area contributed by atoms with E-state index in [2.05, 4.69) is 16.0 Å². The Morgan fingerprint density at radius 1 is 1.09 bits per heavy atom. The SMILES string of the molecule is CN(C(=O)c1ccc(Cl)cc1)[C@@H]1CCN(c2ccc(C#N)cn2)C[C@H]1c1ccc(Cl)c(Cl)c1. The Labute approximate surface area is 208 Å². The van der Waals surface area contributed by atoms with Gasteiger partial charge >= 0.3 is 0 Å². The normalized spacial score (nSPS) is 18.0. The molecule has 1 aromatic heterocycles.